The molecule has 4 atom stereocenters. The molecule has 1 aliphatic carbocycles. The number of nitrogens with one attached hydrogen (secondary N) is 2. The van der Waals surface area contributed by atoms with Crippen LogP contribution in [0.5, 0.6) is 0 Å². The lowest BCUT2D eigenvalue weighted by Gasteiger charge is -2.41. The number of hydrogen-bond donors (Lipinski definition) is 3. The summed E-state index contributed by atoms with van der Waals surface area (Å²) in [5, 5.41) is 12.7. The molecule has 1 saturated heterocycles. The van der Waals surface area contributed by atoms with Crippen LogP contribution in [0.3, 0.4) is 0 Å². The van der Waals surface area contributed by atoms with E-state index in [0.29, 0.717) is 5.92 Å². The fourth-order valence-corrected chi connectivity index (χ4v) is 6.64. The van der Waals surface area contributed by atoms with Gasteiger partial charge in [0.05, 0.1) is 10.7 Å². The lowest BCUT2D eigenvalue weighted by Crippen LogP contribution is -2.47. The Hall–Kier alpha value is -1.45. The van der Waals surface area contributed by atoms with Crippen molar-refractivity contribution >= 4 is 29.1 Å². The maximum absolute atomic E-state index is 13.5. The van der Waals surface area contributed by atoms with Crippen molar-refractivity contribution in [3.63, 3.8) is 0 Å². The number of benzene rings is 1. The van der Waals surface area contributed by atoms with Crippen LogP contribution in [-0.2, 0) is 5.41 Å². The summed E-state index contributed by atoms with van der Waals surface area (Å²) in [6, 6.07) is 4.88. The average Bonchev–Trinajstić information content (AvgIpc) is 3.16. The second-order valence-corrected chi connectivity index (χ2v) is 9.18. The second kappa shape index (κ2) is 7.11. The second-order valence-electron chi connectivity index (χ2n) is 7.70. The Balaban J connectivity index is 1.50. The molecule has 2 aromatic rings. The van der Waals surface area contributed by atoms with E-state index in [9.17, 15) is 9.50 Å². The summed E-state index contributed by atoms with van der Waals surface area (Å²) in [6.07, 6.45) is 7.43. The van der Waals surface area contributed by atoms with E-state index in [2.05, 4.69) is 20.8 Å². The molecule has 3 N–H and O–H groups in total. The van der Waals surface area contributed by atoms with Gasteiger partial charge in [0.2, 0.25) is 0 Å². The van der Waals surface area contributed by atoms with Gasteiger partial charge >= 0.3 is 0 Å². The van der Waals surface area contributed by atoms with Gasteiger partial charge in [-0.05, 0) is 49.8 Å². The molecule has 28 heavy (non-hydrogen) atoms. The van der Waals surface area contributed by atoms with Crippen molar-refractivity contribution in [2.24, 2.45) is 5.92 Å². The lowest BCUT2D eigenvalue weighted by molar-refractivity contribution is 0.167. The van der Waals surface area contributed by atoms with Crippen molar-refractivity contribution < 1.29 is 9.50 Å². The van der Waals surface area contributed by atoms with Gasteiger partial charge in [0.25, 0.3) is 0 Å². The first kappa shape index (κ1) is 18.6. The number of thioether (sulfide) groups is 1. The van der Waals surface area contributed by atoms with E-state index >= 15 is 0 Å². The summed E-state index contributed by atoms with van der Waals surface area (Å²) >= 11 is 7.68. The van der Waals surface area contributed by atoms with Crippen LogP contribution in [0.2, 0.25) is 5.02 Å². The predicted octanol–water partition coefficient (Wildman–Crippen LogP) is 3.34. The minimum Gasteiger partial charge on any atom is -0.396 e. The standard InChI is InChI=1S/C19H21ClFN5OS/c20-14-7-12(2-3-15(14)21)24-26-18-19(13-9-22-10-23-17(13)28-18)8-11(5-6-27)1-4-16(19)25-26/h2-3,7,9-11,16,18,24-25,27H,1,4-6,8H2. The fourth-order valence-electron chi connectivity index (χ4n) is 4.95. The molecular formula is C19H21ClFN5OS. The van der Waals surface area contributed by atoms with Gasteiger partial charge in [-0.1, -0.05) is 23.4 Å². The number of aliphatic hydroxyl groups is 1. The highest BCUT2D eigenvalue weighted by atomic mass is 35.5. The van der Waals surface area contributed by atoms with E-state index in [1.54, 1.807) is 30.2 Å². The number of anilines is 1. The molecule has 3 aliphatic rings. The topological polar surface area (TPSA) is 73.3 Å². The summed E-state index contributed by atoms with van der Waals surface area (Å²) < 4.78 is 13.5. The molecule has 0 bridgehead atoms. The van der Waals surface area contributed by atoms with Crippen LogP contribution < -0.4 is 10.9 Å². The summed E-state index contributed by atoms with van der Waals surface area (Å²) in [5.74, 6) is 0.0361. The highest BCUT2D eigenvalue weighted by Crippen LogP contribution is 2.60. The molecule has 9 heteroatoms. The first-order valence-corrected chi connectivity index (χ1v) is 10.7. The number of hydrazine groups is 2. The van der Waals surface area contributed by atoms with Gasteiger partial charge < -0.3 is 10.5 Å². The van der Waals surface area contributed by atoms with E-state index in [1.165, 1.54) is 11.6 Å². The number of hydrogen-bond acceptors (Lipinski definition) is 7. The minimum atomic E-state index is -0.434. The van der Waals surface area contributed by atoms with E-state index in [4.69, 9.17) is 11.6 Å². The molecule has 1 saturated carbocycles. The van der Waals surface area contributed by atoms with Gasteiger partial charge in [-0.15, -0.1) is 5.12 Å². The maximum atomic E-state index is 13.5. The van der Waals surface area contributed by atoms with Gasteiger partial charge in [0.15, 0.2) is 0 Å². The number of aliphatic hydroxyl groups excluding tert-OH is 1. The van der Waals surface area contributed by atoms with Crippen molar-refractivity contribution in [2.75, 3.05) is 12.0 Å². The van der Waals surface area contributed by atoms with Crippen LogP contribution in [0.15, 0.2) is 35.7 Å². The molecule has 5 rings (SSSR count). The normalized spacial score (nSPS) is 31.3. The summed E-state index contributed by atoms with van der Waals surface area (Å²) in [7, 11) is 0. The van der Waals surface area contributed by atoms with Crippen molar-refractivity contribution in [3.05, 3.63) is 47.1 Å². The number of halogens is 2. The average molecular weight is 422 g/mol. The third kappa shape index (κ3) is 2.81. The highest BCUT2D eigenvalue weighted by Gasteiger charge is 2.62. The Labute approximate surface area is 171 Å². The number of aromatic nitrogens is 2. The van der Waals surface area contributed by atoms with Crippen molar-refractivity contribution in [1.29, 1.82) is 0 Å². The molecule has 1 spiro atoms. The van der Waals surface area contributed by atoms with Gasteiger partial charge in [-0.3, -0.25) is 0 Å². The van der Waals surface area contributed by atoms with Crippen LogP contribution in [0, 0.1) is 11.7 Å². The minimum absolute atomic E-state index is 0.0783. The predicted molar refractivity (Wildman–Crippen MR) is 106 cm³/mol. The Bertz CT molecular complexity index is 904. The number of rotatable bonds is 4. The SMILES string of the molecule is OCCC1CCC2NN(Nc3ccc(F)c(Cl)c3)C3Sc4ncncc4C23C1. The van der Waals surface area contributed by atoms with E-state index in [1.807, 2.05) is 11.3 Å². The van der Waals surface area contributed by atoms with Crippen molar-refractivity contribution in [1.82, 2.24) is 20.5 Å². The van der Waals surface area contributed by atoms with Crippen LogP contribution in [0.25, 0.3) is 0 Å². The summed E-state index contributed by atoms with van der Waals surface area (Å²) in [4.78, 5) is 8.82. The smallest absolute Gasteiger partial charge is 0.141 e. The summed E-state index contributed by atoms with van der Waals surface area (Å²) in [5.41, 5.74) is 8.77. The molecule has 0 amide bonds. The molecule has 148 valence electrons. The number of nitrogens with zero attached hydrogens (tertiary/aromatic N) is 3. The summed E-state index contributed by atoms with van der Waals surface area (Å²) in [6.45, 7) is 0.213. The van der Waals surface area contributed by atoms with Crippen molar-refractivity contribution in [3.8, 4) is 0 Å². The van der Waals surface area contributed by atoms with Crippen LogP contribution in [0.1, 0.15) is 31.2 Å². The van der Waals surface area contributed by atoms with E-state index in [-0.39, 0.29) is 28.5 Å². The van der Waals surface area contributed by atoms with Gasteiger partial charge in [0, 0.05) is 29.8 Å². The molecule has 6 nitrogen and oxygen atoms in total. The molecule has 2 fully saturated rings. The zero-order chi connectivity index (χ0) is 19.3. The van der Waals surface area contributed by atoms with Gasteiger partial charge in [0.1, 0.15) is 22.5 Å². The van der Waals surface area contributed by atoms with E-state index in [0.717, 1.165) is 36.4 Å². The first-order valence-electron chi connectivity index (χ1n) is 9.47. The molecule has 2 aliphatic heterocycles. The first-order chi connectivity index (χ1) is 13.6. The Morgan fingerprint density at radius 3 is 3.14 bits per heavy atom. The zero-order valence-corrected chi connectivity index (χ0v) is 16.7. The lowest BCUT2D eigenvalue weighted by atomic mass is 9.63. The van der Waals surface area contributed by atoms with Crippen LogP contribution >= 0.6 is 23.4 Å². The Morgan fingerprint density at radius 2 is 2.32 bits per heavy atom. The third-order valence-electron chi connectivity index (χ3n) is 6.19. The molecule has 4 unspecified atom stereocenters. The van der Waals surface area contributed by atoms with E-state index < -0.39 is 5.82 Å². The molecule has 0 radical (unpaired) electrons. The largest absolute Gasteiger partial charge is 0.396 e. The fraction of sp³-hybridized carbons (Fsp3) is 0.474. The quantitative estimate of drug-likeness (QED) is 0.654. The highest BCUT2D eigenvalue weighted by molar-refractivity contribution is 8.00. The maximum Gasteiger partial charge on any atom is 0.141 e. The van der Waals surface area contributed by atoms with Gasteiger partial charge in [-0.2, -0.15) is 0 Å². The Kier molecular flexibility index (Phi) is 4.71. The molecule has 3 heterocycles. The van der Waals surface area contributed by atoms with Crippen molar-refractivity contribution in [2.45, 2.75) is 47.5 Å². The molecule has 1 aromatic heterocycles. The molecular weight excluding hydrogens is 401 g/mol. The van der Waals surface area contributed by atoms with Gasteiger partial charge in [-0.25, -0.2) is 19.8 Å². The monoisotopic (exact) mass is 421 g/mol. The third-order valence-corrected chi connectivity index (χ3v) is 7.88. The van der Waals surface area contributed by atoms with Crippen LogP contribution in [0.4, 0.5) is 10.1 Å². The zero-order valence-electron chi connectivity index (χ0n) is 15.1. The number of fused-ring (bicyclic) bond motifs is 1. The van der Waals surface area contributed by atoms with Crippen LogP contribution in [-0.4, -0.2) is 38.2 Å². The Morgan fingerprint density at radius 1 is 1.43 bits per heavy atom. The molecule has 1 aromatic carbocycles.